The van der Waals surface area contributed by atoms with Crippen molar-refractivity contribution in [1.29, 1.82) is 0 Å². The maximum absolute atomic E-state index is 5.51. The molecule has 4 rings (SSSR count). The molecule has 0 N–H and O–H groups in total. The van der Waals surface area contributed by atoms with E-state index in [1.165, 1.54) is 37.1 Å². The summed E-state index contributed by atoms with van der Waals surface area (Å²) in [6.07, 6.45) is 5.07. The third-order valence-electron chi connectivity index (χ3n) is 5.44. The fourth-order valence-corrected chi connectivity index (χ4v) is 4.04. The third kappa shape index (κ3) is 3.59. The fourth-order valence-electron chi connectivity index (χ4n) is 4.04. The molecular weight excluding hydrogens is 292 g/mol. The van der Waals surface area contributed by atoms with Gasteiger partial charge in [0.2, 0.25) is 0 Å². The largest absolute Gasteiger partial charge is 0.384 e. The summed E-state index contributed by atoms with van der Waals surface area (Å²) in [7, 11) is 1.80. The molecule has 1 atom stereocenters. The van der Waals surface area contributed by atoms with Crippen LogP contribution >= 0.6 is 0 Å². The normalized spacial score (nSPS) is 26.4. The third-order valence-corrected chi connectivity index (χ3v) is 5.44. The number of ether oxygens (including phenoxy) is 2. The molecule has 128 valence electrons. The van der Waals surface area contributed by atoms with Gasteiger partial charge < -0.3 is 9.47 Å². The second kappa shape index (κ2) is 6.87. The maximum Gasteiger partial charge on any atom is 0.100 e. The van der Waals surface area contributed by atoms with Gasteiger partial charge in [0.25, 0.3) is 0 Å². The predicted octanol–water partition coefficient (Wildman–Crippen LogP) is 1.66. The summed E-state index contributed by atoms with van der Waals surface area (Å²) in [5.41, 5.74) is 2.51. The molecule has 0 bridgehead atoms. The van der Waals surface area contributed by atoms with Crippen LogP contribution in [0.3, 0.4) is 0 Å². The number of rotatable bonds is 6. The molecule has 3 aliphatic rings. The summed E-state index contributed by atoms with van der Waals surface area (Å²) in [6.45, 7) is 6.80. The van der Waals surface area contributed by atoms with Crippen molar-refractivity contribution in [3.8, 4) is 0 Å². The molecule has 0 unspecified atom stereocenters. The summed E-state index contributed by atoms with van der Waals surface area (Å²) >= 11 is 0. The highest BCUT2D eigenvalue weighted by Gasteiger charge is 2.33. The number of hydrogen-bond donors (Lipinski definition) is 0. The summed E-state index contributed by atoms with van der Waals surface area (Å²) < 4.78 is 13.2. The Morgan fingerprint density at radius 3 is 2.65 bits per heavy atom. The molecule has 1 saturated heterocycles. The van der Waals surface area contributed by atoms with Gasteiger partial charge in [0.15, 0.2) is 0 Å². The first-order chi connectivity index (χ1) is 11.3. The van der Waals surface area contributed by atoms with Crippen LogP contribution in [0, 0.1) is 11.8 Å². The zero-order valence-corrected chi connectivity index (χ0v) is 14.1. The lowest BCUT2D eigenvalue weighted by molar-refractivity contribution is 0.0456. The average molecular weight is 320 g/mol. The van der Waals surface area contributed by atoms with E-state index in [0.29, 0.717) is 5.92 Å². The van der Waals surface area contributed by atoms with E-state index in [0.717, 1.165) is 57.8 Å². The topological polar surface area (TPSA) is 52.4 Å². The van der Waals surface area contributed by atoms with E-state index in [1.54, 1.807) is 7.11 Å². The summed E-state index contributed by atoms with van der Waals surface area (Å²) in [5, 5.41) is 8.96. The van der Waals surface area contributed by atoms with Gasteiger partial charge in [0.05, 0.1) is 12.3 Å². The highest BCUT2D eigenvalue weighted by molar-refractivity contribution is 5.20. The Kier molecular flexibility index (Phi) is 4.64. The molecule has 6 heteroatoms. The van der Waals surface area contributed by atoms with E-state index < -0.39 is 0 Å². The average Bonchev–Trinajstić information content (AvgIpc) is 3.28. The van der Waals surface area contributed by atoms with Crippen molar-refractivity contribution in [2.75, 3.05) is 40.0 Å². The number of nitrogens with zero attached hydrogens (tertiary/aromatic N) is 4. The highest BCUT2D eigenvalue weighted by Crippen LogP contribution is 2.34. The summed E-state index contributed by atoms with van der Waals surface area (Å²) in [6, 6.07) is 0. The van der Waals surface area contributed by atoms with Crippen LogP contribution in [-0.4, -0.2) is 59.9 Å². The van der Waals surface area contributed by atoms with E-state index in [9.17, 15) is 0 Å². The van der Waals surface area contributed by atoms with Crippen LogP contribution in [0.4, 0.5) is 0 Å². The Morgan fingerprint density at radius 1 is 1.13 bits per heavy atom. The lowest BCUT2D eigenvalue weighted by atomic mass is 9.95. The molecule has 2 fully saturated rings. The first-order valence-electron chi connectivity index (χ1n) is 9.04. The van der Waals surface area contributed by atoms with Crippen molar-refractivity contribution in [2.24, 2.45) is 11.8 Å². The van der Waals surface area contributed by atoms with Crippen LogP contribution < -0.4 is 0 Å². The van der Waals surface area contributed by atoms with Gasteiger partial charge in [-0.1, -0.05) is 5.21 Å². The van der Waals surface area contributed by atoms with E-state index in [1.807, 2.05) is 0 Å². The van der Waals surface area contributed by atoms with Crippen molar-refractivity contribution in [3.05, 3.63) is 11.4 Å². The van der Waals surface area contributed by atoms with Crippen LogP contribution in [0.25, 0.3) is 0 Å². The first-order valence-corrected chi connectivity index (χ1v) is 9.04. The predicted molar refractivity (Wildman–Crippen MR) is 86.2 cm³/mol. The van der Waals surface area contributed by atoms with Gasteiger partial charge in [0.1, 0.15) is 5.69 Å². The highest BCUT2D eigenvalue weighted by atomic mass is 16.5. The Bertz CT molecular complexity index is 523. The van der Waals surface area contributed by atoms with Crippen molar-refractivity contribution in [2.45, 2.75) is 44.7 Å². The standard InChI is InChI=1S/C17H28N4O2/c1-22-12-15-10-20(8-14-4-6-23-7-5-14)11-16-17(15)21(19-18-16)9-13-2-3-13/h13-15H,2-12H2,1H3/t15-/m1/s1. The molecule has 1 aliphatic carbocycles. The SMILES string of the molecule is COC[C@H]1CN(CC2CCOCC2)Cc2nnn(CC3CC3)c21. The summed E-state index contributed by atoms with van der Waals surface area (Å²) in [5.74, 6) is 1.98. The van der Waals surface area contributed by atoms with E-state index in [-0.39, 0.29) is 0 Å². The van der Waals surface area contributed by atoms with Crippen LogP contribution in [0.15, 0.2) is 0 Å². The maximum atomic E-state index is 5.51. The number of hydrogen-bond acceptors (Lipinski definition) is 5. The van der Waals surface area contributed by atoms with Crippen molar-refractivity contribution in [3.63, 3.8) is 0 Å². The van der Waals surface area contributed by atoms with E-state index in [2.05, 4.69) is 19.9 Å². The monoisotopic (exact) mass is 320 g/mol. The van der Waals surface area contributed by atoms with Crippen LogP contribution in [0.1, 0.15) is 43.0 Å². The second-order valence-electron chi connectivity index (χ2n) is 7.45. The number of fused-ring (bicyclic) bond motifs is 1. The zero-order valence-electron chi connectivity index (χ0n) is 14.1. The Morgan fingerprint density at radius 2 is 1.91 bits per heavy atom. The van der Waals surface area contributed by atoms with Gasteiger partial charge in [-0.3, -0.25) is 4.90 Å². The Hall–Kier alpha value is -0.980. The van der Waals surface area contributed by atoms with Crippen LogP contribution in [0.5, 0.6) is 0 Å². The number of aromatic nitrogens is 3. The van der Waals surface area contributed by atoms with E-state index in [4.69, 9.17) is 9.47 Å². The van der Waals surface area contributed by atoms with Crippen molar-refractivity contribution in [1.82, 2.24) is 19.9 Å². The molecule has 2 aliphatic heterocycles. The Balaban J connectivity index is 1.47. The first kappa shape index (κ1) is 15.5. The molecule has 23 heavy (non-hydrogen) atoms. The molecular formula is C17H28N4O2. The Labute approximate surface area is 138 Å². The molecule has 0 aromatic carbocycles. The minimum Gasteiger partial charge on any atom is -0.384 e. The van der Waals surface area contributed by atoms with Gasteiger partial charge in [-0.2, -0.15) is 0 Å². The molecule has 0 radical (unpaired) electrons. The minimum atomic E-state index is 0.400. The number of methoxy groups -OCH3 is 1. The smallest absolute Gasteiger partial charge is 0.100 e. The molecule has 6 nitrogen and oxygen atoms in total. The van der Waals surface area contributed by atoms with Crippen LogP contribution in [-0.2, 0) is 22.6 Å². The van der Waals surface area contributed by atoms with E-state index >= 15 is 0 Å². The molecule has 0 amide bonds. The molecule has 3 heterocycles. The molecule has 0 spiro atoms. The van der Waals surface area contributed by atoms with Crippen molar-refractivity contribution < 1.29 is 9.47 Å². The van der Waals surface area contributed by atoms with Gasteiger partial charge in [-0.15, -0.1) is 5.10 Å². The van der Waals surface area contributed by atoms with Crippen LogP contribution in [0.2, 0.25) is 0 Å². The quantitative estimate of drug-likeness (QED) is 0.798. The van der Waals surface area contributed by atoms with Gasteiger partial charge in [0, 0.05) is 52.4 Å². The van der Waals surface area contributed by atoms with Gasteiger partial charge in [-0.05, 0) is 37.5 Å². The van der Waals surface area contributed by atoms with Crippen molar-refractivity contribution >= 4 is 0 Å². The summed E-state index contributed by atoms with van der Waals surface area (Å²) in [4.78, 5) is 2.55. The van der Waals surface area contributed by atoms with Gasteiger partial charge in [-0.25, -0.2) is 4.68 Å². The molecule has 1 aromatic rings. The molecule has 1 aromatic heterocycles. The fraction of sp³-hybridized carbons (Fsp3) is 0.882. The van der Waals surface area contributed by atoms with Gasteiger partial charge >= 0.3 is 0 Å². The second-order valence-corrected chi connectivity index (χ2v) is 7.45. The molecule has 1 saturated carbocycles. The minimum absolute atomic E-state index is 0.400. The lowest BCUT2D eigenvalue weighted by Gasteiger charge is -2.35. The lowest BCUT2D eigenvalue weighted by Crippen LogP contribution is -2.40. The zero-order chi connectivity index (χ0) is 15.6.